The molecule has 2 aromatic carbocycles. The summed E-state index contributed by atoms with van der Waals surface area (Å²) in [7, 11) is 0. The highest BCUT2D eigenvalue weighted by molar-refractivity contribution is 6.35. The van der Waals surface area contributed by atoms with E-state index in [0.29, 0.717) is 27.9 Å². The number of halogens is 2. The van der Waals surface area contributed by atoms with Gasteiger partial charge in [0.2, 0.25) is 5.91 Å². The fourth-order valence-electron chi connectivity index (χ4n) is 1.95. The zero-order valence-electron chi connectivity index (χ0n) is 13.6. The summed E-state index contributed by atoms with van der Waals surface area (Å²) in [4.78, 5) is 22.8. The molecule has 0 spiro atoms. The van der Waals surface area contributed by atoms with Crippen LogP contribution in [0, 0.1) is 0 Å². The minimum atomic E-state index is -0.447. The van der Waals surface area contributed by atoms with Gasteiger partial charge in [0, 0.05) is 18.5 Å². The number of hydrogen-bond donors (Lipinski definition) is 1. The van der Waals surface area contributed by atoms with Gasteiger partial charge >= 0.3 is 5.97 Å². The topological polar surface area (TPSA) is 64.6 Å². The second-order valence-corrected chi connectivity index (χ2v) is 6.01. The summed E-state index contributed by atoms with van der Waals surface area (Å²) >= 11 is 11.8. The summed E-state index contributed by atoms with van der Waals surface area (Å²) in [6.45, 7) is 2.13. The Balaban J connectivity index is 1.77. The van der Waals surface area contributed by atoms with Gasteiger partial charge in [0.25, 0.3) is 0 Å². The van der Waals surface area contributed by atoms with E-state index in [4.69, 9.17) is 32.7 Å². The van der Waals surface area contributed by atoms with Crippen LogP contribution in [0.1, 0.15) is 22.8 Å². The summed E-state index contributed by atoms with van der Waals surface area (Å²) in [5.41, 5.74) is 1.32. The fourth-order valence-corrected chi connectivity index (χ4v) is 2.41. The third-order valence-electron chi connectivity index (χ3n) is 3.20. The monoisotopic (exact) mass is 381 g/mol. The molecule has 0 heterocycles. The predicted octanol–water partition coefficient (Wildman–Crippen LogP) is 3.87. The number of rotatable bonds is 7. The molecule has 1 amide bonds. The first kappa shape index (κ1) is 19.1. The van der Waals surface area contributed by atoms with Crippen LogP contribution >= 0.6 is 23.2 Å². The highest BCUT2D eigenvalue weighted by Crippen LogP contribution is 2.27. The SMILES string of the molecule is CC(=O)NCc1ccc(C(=O)OCCOc2ccc(Cl)cc2Cl)cc1. The Bertz CT molecular complexity index is 747. The first-order valence-corrected chi connectivity index (χ1v) is 8.29. The van der Waals surface area contributed by atoms with E-state index in [0.717, 1.165) is 5.56 Å². The van der Waals surface area contributed by atoms with E-state index in [9.17, 15) is 9.59 Å². The summed E-state index contributed by atoms with van der Waals surface area (Å²) in [5.74, 6) is -0.0782. The van der Waals surface area contributed by atoms with Crippen LogP contribution in [0.25, 0.3) is 0 Å². The van der Waals surface area contributed by atoms with Gasteiger partial charge in [-0.05, 0) is 35.9 Å². The molecule has 0 aliphatic carbocycles. The first-order valence-electron chi connectivity index (χ1n) is 7.54. The van der Waals surface area contributed by atoms with Crippen LogP contribution in [0.15, 0.2) is 42.5 Å². The lowest BCUT2D eigenvalue weighted by molar-refractivity contribution is -0.119. The molecule has 0 saturated carbocycles. The Hall–Kier alpha value is -2.24. The molecule has 2 rings (SSSR count). The smallest absolute Gasteiger partial charge is 0.338 e. The Kier molecular flexibility index (Phi) is 7.10. The molecule has 0 bridgehead atoms. The van der Waals surface area contributed by atoms with E-state index in [-0.39, 0.29) is 19.1 Å². The van der Waals surface area contributed by atoms with E-state index >= 15 is 0 Å². The molecule has 25 heavy (non-hydrogen) atoms. The highest BCUT2D eigenvalue weighted by Gasteiger charge is 2.08. The van der Waals surface area contributed by atoms with E-state index in [1.807, 2.05) is 0 Å². The van der Waals surface area contributed by atoms with Gasteiger partial charge < -0.3 is 14.8 Å². The van der Waals surface area contributed by atoms with Gasteiger partial charge in [-0.25, -0.2) is 4.79 Å². The molecule has 2 aromatic rings. The van der Waals surface area contributed by atoms with E-state index in [2.05, 4.69) is 5.32 Å². The fraction of sp³-hybridized carbons (Fsp3) is 0.222. The molecule has 7 heteroatoms. The number of ether oxygens (including phenoxy) is 2. The van der Waals surface area contributed by atoms with E-state index < -0.39 is 5.97 Å². The van der Waals surface area contributed by atoms with Crippen LogP contribution in [0.2, 0.25) is 10.0 Å². The average molecular weight is 382 g/mol. The lowest BCUT2D eigenvalue weighted by Crippen LogP contribution is -2.19. The lowest BCUT2D eigenvalue weighted by atomic mass is 10.1. The summed E-state index contributed by atoms with van der Waals surface area (Å²) in [6, 6.07) is 11.7. The van der Waals surface area contributed by atoms with Crippen molar-refractivity contribution in [1.29, 1.82) is 0 Å². The molecule has 5 nitrogen and oxygen atoms in total. The van der Waals surface area contributed by atoms with Crippen molar-refractivity contribution in [2.45, 2.75) is 13.5 Å². The van der Waals surface area contributed by atoms with Crippen molar-refractivity contribution in [3.05, 3.63) is 63.6 Å². The molecule has 0 fully saturated rings. The van der Waals surface area contributed by atoms with Crippen molar-refractivity contribution in [1.82, 2.24) is 5.32 Å². The number of esters is 1. The maximum absolute atomic E-state index is 12.0. The molecule has 132 valence electrons. The molecule has 0 aliphatic heterocycles. The van der Waals surface area contributed by atoms with Gasteiger partial charge in [0.15, 0.2) is 0 Å². The van der Waals surface area contributed by atoms with Crippen LogP contribution in [-0.4, -0.2) is 25.1 Å². The molecule has 0 saturated heterocycles. The molecule has 0 aromatic heterocycles. The van der Waals surface area contributed by atoms with Crippen LogP contribution in [0.3, 0.4) is 0 Å². The zero-order valence-corrected chi connectivity index (χ0v) is 15.1. The van der Waals surface area contributed by atoms with E-state index in [1.54, 1.807) is 42.5 Å². The minimum absolute atomic E-state index is 0.0887. The van der Waals surface area contributed by atoms with Crippen molar-refractivity contribution >= 4 is 35.1 Å². The predicted molar refractivity (Wildman–Crippen MR) is 96.2 cm³/mol. The Morgan fingerprint density at radius 3 is 2.40 bits per heavy atom. The molecule has 0 aliphatic rings. The largest absolute Gasteiger partial charge is 0.488 e. The van der Waals surface area contributed by atoms with Crippen molar-refractivity contribution in [3.8, 4) is 5.75 Å². The van der Waals surface area contributed by atoms with Crippen molar-refractivity contribution in [2.24, 2.45) is 0 Å². The summed E-state index contributed by atoms with van der Waals surface area (Å²) in [6.07, 6.45) is 0. The van der Waals surface area contributed by atoms with Gasteiger partial charge in [-0.15, -0.1) is 0 Å². The number of hydrogen-bond acceptors (Lipinski definition) is 4. The molecule has 0 radical (unpaired) electrons. The maximum atomic E-state index is 12.0. The second kappa shape index (κ2) is 9.30. The number of amides is 1. The Morgan fingerprint density at radius 2 is 1.76 bits per heavy atom. The summed E-state index contributed by atoms with van der Waals surface area (Å²) in [5, 5.41) is 3.60. The van der Waals surface area contributed by atoms with Crippen molar-refractivity contribution in [2.75, 3.05) is 13.2 Å². The standard InChI is InChI=1S/C18H17Cl2NO4/c1-12(22)21-11-13-2-4-14(5-3-13)18(23)25-9-8-24-17-7-6-15(19)10-16(17)20/h2-7,10H,8-9,11H2,1H3,(H,21,22). The Morgan fingerprint density at radius 1 is 1.04 bits per heavy atom. The molecule has 1 N–H and O–H groups in total. The van der Waals surface area contributed by atoms with Gasteiger partial charge in [-0.3, -0.25) is 4.79 Å². The van der Waals surface area contributed by atoms with Crippen LogP contribution < -0.4 is 10.1 Å². The second-order valence-electron chi connectivity index (χ2n) is 5.17. The Labute approximate surface area is 155 Å². The van der Waals surface area contributed by atoms with Crippen LogP contribution in [-0.2, 0) is 16.1 Å². The van der Waals surface area contributed by atoms with Crippen LogP contribution in [0.4, 0.5) is 0 Å². The minimum Gasteiger partial charge on any atom is -0.488 e. The average Bonchev–Trinajstić information content (AvgIpc) is 2.58. The quantitative estimate of drug-likeness (QED) is 0.583. The molecule has 0 atom stereocenters. The highest BCUT2D eigenvalue weighted by atomic mass is 35.5. The normalized spacial score (nSPS) is 10.2. The van der Waals surface area contributed by atoms with Crippen LogP contribution in [0.5, 0.6) is 5.75 Å². The summed E-state index contributed by atoms with van der Waals surface area (Å²) < 4.78 is 10.6. The number of nitrogens with one attached hydrogen (secondary N) is 1. The number of carbonyl (C=O) groups is 2. The van der Waals surface area contributed by atoms with Gasteiger partial charge in [-0.2, -0.15) is 0 Å². The number of carbonyl (C=O) groups excluding carboxylic acids is 2. The zero-order chi connectivity index (χ0) is 18.2. The maximum Gasteiger partial charge on any atom is 0.338 e. The molecule has 0 unspecified atom stereocenters. The third kappa shape index (κ3) is 6.29. The van der Waals surface area contributed by atoms with Crippen molar-refractivity contribution in [3.63, 3.8) is 0 Å². The van der Waals surface area contributed by atoms with Gasteiger partial charge in [0.05, 0.1) is 10.6 Å². The van der Waals surface area contributed by atoms with E-state index in [1.165, 1.54) is 6.92 Å². The van der Waals surface area contributed by atoms with Crippen molar-refractivity contribution < 1.29 is 19.1 Å². The van der Waals surface area contributed by atoms with Gasteiger partial charge in [-0.1, -0.05) is 35.3 Å². The molecular weight excluding hydrogens is 365 g/mol. The third-order valence-corrected chi connectivity index (χ3v) is 3.73. The lowest BCUT2D eigenvalue weighted by Gasteiger charge is -2.09. The van der Waals surface area contributed by atoms with Gasteiger partial charge in [0.1, 0.15) is 19.0 Å². The number of benzene rings is 2. The first-order chi connectivity index (χ1) is 12.0. The molecular formula is C18H17Cl2NO4.